The fraction of sp³-hybridized carbons (Fsp3) is 0.188. The Labute approximate surface area is 148 Å². The Morgan fingerprint density at radius 1 is 1.13 bits per heavy atom. The van der Waals surface area contributed by atoms with E-state index in [2.05, 4.69) is 10.6 Å². The van der Waals surface area contributed by atoms with E-state index in [0.29, 0.717) is 10.7 Å². The van der Waals surface area contributed by atoms with Crippen LogP contribution in [0.2, 0.25) is 15.1 Å². The number of rotatable bonds is 5. The Kier molecular flexibility index (Phi) is 6.25. The maximum atomic E-state index is 12.9. The summed E-state index contributed by atoms with van der Waals surface area (Å²) < 4.78 is 12.9. The summed E-state index contributed by atoms with van der Waals surface area (Å²) >= 11 is 17.8. The summed E-state index contributed by atoms with van der Waals surface area (Å²) in [5.74, 6) is -0.601. The Balaban J connectivity index is 1.94. The van der Waals surface area contributed by atoms with Gasteiger partial charge < -0.3 is 10.6 Å². The van der Waals surface area contributed by atoms with Crippen molar-refractivity contribution in [3.05, 3.63) is 62.8 Å². The summed E-state index contributed by atoms with van der Waals surface area (Å²) in [5, 5.41) is 6.60. The van der Waals surface area contributed by atoms with Gasteiger partial charge in [0, 0.05) is 11.1 Å². The van der Waals surface area contributed by atoms with Gasteiger partial charge in [-0.3, -0.25) is 4.79 Å². The van der Waals surface area contributed by atoms with Gasteiger partial charge in [0.2, 0.25) is 5.91 Å². The number of hydrogen-bond donors (Lipinski definition) is 2. The molecule has 0 fully saturated rings. The molecule has 122 valence electrons. The van der Waals surface area contributed by atoms with Gasteiger partial charge in [-0.2, -0.15) is 0 Å². The summed E-state index contributed by atoms with van der Waals surface area (Å²) in [5.41, 5.74) is 1.20. The van der Waals surface area contributed by atoms with Crippen LogP contribution >= 0.6 is 34.8 Å². The molecule has 0 saturated carbocycles. The van der Waals surface area contributed by atoms with Crippen molar-refractivity contribution in [3.8, 4) is 0 Å². The molecule has 0 aliphatic carbocycles. The first-order valence-electron chi connectivity index (χ1n) is 6.80. The number of hydrogen-bond acceptors (Lipinski definition) is 2. The summed E-state index contributed by atoms with van der Waals surface area (Å²) in [6.07, 6.45) is 0. The van der Waals surface area contributed by atoms with Gasteiger partial charge >= 0.3 is 0 Å². The van der Waals surface area contributed by atoms with Gasteiger partial charge in [0.15, 0.2) is 0 Å². The SMILES string of the molecule is C[C@H](NCC(=O)Nc1c(Cl)cc(Cl)cc1Cl)c1ccc(F)cc1. The van der Waals surface area contributed by atoms with E-state index in [4.69, 9.17) is 34.8 Å². The molecule has 0 aliphatic heterocycles. The van der Waals surface area contributed by atoms with Gasteiger partial charge in [0.25, 0.3) is 0 Å². The molecule has 23 heavy (non-hydrogen) atoms. The van der Waals surface area contributed by atoms with Crippen LogP contribution in [0.25, 0.3) is 0 Å². The maximum Gasteiger partial charge on any atom is 0.238 e. The van der Waals surface area contributed by atoms with Crippen molar-refractivity contribution in [2.24, 2.45) is 0 Å². The highest BCUT2D eigenvalue weighted by Crippen LogP contribution is 2.33. The molecule has 7 heteroatoms. The highest BCUT2D eigenvalue weighted by Gasteiger charge is 2.12. The zero-order valence-electron chi connectivity index (χ0n) is 12.2. The van der Waals surface area contributed by atoms with Crippen LogP contribution in [0.15, 0.2) is 36.4 Å². The molecule has 0 unspecified atom stereocenters. The molecule has 1 atom stereocenters. The number of benzene rings is 2. The van der Waals surface area contributed by atoms with Crippen LogP contribution in [0, 0.1) is 5.82 Å². The lowest BCUT2D eigenvalue weighted by Gasteiger charge is -2.15. The van der Waals surface area contributed by atoms with Crippen LogP contribution in [0.3, 0.4) is 0 Å². The quantitative estimate of drug-likeness (QED) is 0.765. The lowest BCUT2D eigenvalue weighted by molar-refractivity contribution is -0.115. The average molecular weight is 376 g/mol. The van der Waals surface area contributed by atoms with Gasteiger partial charge in [-0.25, -0.2) is 4.39 Å². The van der Waals surface area contributed by atoms with E-state index in [1.165, 1.54) is 24.3 Å². The minimum Gasteiger partial charge on any atom is -0.322 e. The van der Waals surface area contributed by atoms with E-state index in [1.807, 2.05) is 6.92 Å². The summed E-state index contributed by atoms with van der Waals surface area (Å²) in [6.45, 7) is 1.93. The second kappa shape index (κ2) is 7.97. The fourth-order valence-corrected chi connectivity index (χ4v) is 2.87. The second-order valence-electron chi connectivity index (χ2n) is 4.95. The van der Waals surface area contributed by atoms with Gasteiger partial charge in [-0.15, -0.1) is 0 Å². The van der Waals surface area contributed by atoms with E-state index in [1.54, 1.807) is 12.1 Å². The molecular weight excluding hydrogens is 362 g/mol. The van der Waals surface area contributed by atoms with Crippen LogP contribution in [-0.4, -0.2) is 12.5 Å². The first-order valence-corrected chi connectivity index (χ1v) is 7.93. The van der Waals surface area contributed by atoms with Gasteiger partial charge in [-0.1, -0.05) is 46.9 Å². The number of anilines is 1. The molecule has 2 aromatic rings. The highest BCUT2D eigenvalue weighted by atomic mass is 35.5. The molecule has 2 rings (SSSR count). The Morgan fingerprint density at radius 3 is 2.26 bits per heavy atom. The molecule has 0 radical (unpaired) electrons. The van der Waals surface area contributed by atoms with Crippen LogP contribution in [-0.2, 0) is 4.79 Å². The van der Waals surface area contributed by atoms with Crippen LogP contribution in [0.4, 0.5) is 10.1 Å². The third kappa shape index (κ3) is 5.08. The van der Waals surface area contributed by atoms with E-state index in [9.17, 15) is 9.18 Å². The Morgan fingerprint density at radius 2 is 1.70 bits per heavy atom. The molecule has 0 aromatic heterocycles. The molecule has 3 nitrogen and oxygen atoms in total. The number of nitrogens with one attached hydrogen (secondary N) is 2. The Hall–Kier alpha value is -1.33. The first kappa shape index (κ1) is 18.0. The zero-order chi connectivity index (χ0) is 17.0. The van der Waals surface area contributed by atoms with E-state index < -0.39 is 0 Å². The minimum atomic E-state index is -0.301. The Bertz CT molecular complexity index is 684. The number of amides is 1. The highest BCUT2D eigenvalue weighted by molar-refractivity contribution is 6.42. The normalized spacial score (nSPS) is 12.0. The summed E-state index contributed by atoms with van der Waals surface area (Å²) in [7, 11) is 0. The predicted octanol–water partition coefficient (Wildman–Crippen LogP) is 5.08. The van der Waals surface area contributed by atoms with Gasteiger partial charge in [-0.05, 0) is 36.8 Å². The monoisotopic (exact) mass is 374 g/mol. The molecule has 2 N–H and O–H groups in total. The third-order valence-corrected chi connectivity index (χ3v) is 4.02. The maximum absolute atomic E-state index is 12.9. The molecule has 0 saturated heterocycles. The molecule has 0 bridgehead atoms. The molecule has 0 heterocycles. The lowest BCUT2D eigenvalue weighted by Crippen LogP contribution is -2.30. The van der Waals surface area contributed by atoms with Crippen molar-refractivity contribution in [1.82, 2.24) is 5.32 Å². The van der Waals surface area contributed by atoms with E-state index in [-0.39, 0.29) is 34.4 Å². The van der Waals surface area contributed by atoms with Gasteiger partial charge in [0.1, 0.15) is 5.82 Å². The van der Waals surface area contributed by atoms with Crippen molar-refractivity contribution in [2.75, 3.05) is 11.9 Å². The van der Waals surface area contributed by atoms with Gasteiger partial charge in [0.05, 0.1) is 22.3 Å². The van der Waals surface area contributed by atoms with Crippen molar-refractivity contribution >= 4 is 46.4 Å². The third-order valence-electron chi connectivity index (χ3n) is 3.21. The largest absolute Gasteiger partial charge is 0.322 e. The van der Waals surface area contributed by atoms with Crippen molar-refractivity contribution in [3.63, 3.8) is 0 Å². The van der Waals surface area contributed by atoms with Crippen molar-refractivity contribution in [1.29, 1.82) is 0 Å². The minimum absolute atomic E-state index is 0.0494. The molecule has 1 amide bonds. The second-order valence-corrected chi connectivity index (χ2v) is 6.20. The van der Waals surface area contributed by atoms with Crippen LogP contribution < -0.4 is 10.6 Å². The van der Waals surface area contributed by atoms with E-state index in [0.717, 1.165) is 5.56 Å². The smallest absolute Gasteiger partial charge is 0.238 e. The molecule has 2 aromatic carbocycles. The average Bonchev–Trinajstić information content (AvgIpc) is 2.49. The molecule has 0 aliphatic rings. The standard InChI is InChI=1S/C16H14Cl3FN2O/c1-9(10-2-4-12(20)5-3-10)21-8-15(23)22-16-13(18)6-11(17)7-14(16)19/h2-7,9,21H,8H2,1H3,(H,22,23)/t9-/m0/s1. The number of carbonyl (C=O) groups is 1. The molecular formula is C16H14Cl3FN2O. The van der Waals surface area contributed by atoms with Crippen molar-refractivity contribution < 1.29 is 9.18 Å². The van der Waals surface area contributed by atoms with Crippen LogP contribution in [0.1, 0.15) is 18.5 Å². The first-order chi connectivity index (χ1) is 10.9. The molecule has 0 spiro atoms. The number of halogens is 4. The number of carbonyl (C=O) groups excluding carboxylic acids is 1. The van der Waals surface area contributed by atoms with Crippen LogP contribution in [0.5, 0.6) is 0 Å². The lowest BCUT2D eigenvalue weighted by atomic mass is 10.1. The zero-order valence-corrected chi connectivity index (χ0v) is 14.4. The fourth-order valence-electron chi connectivity index (χ4n) is 1.96. The topological polar surface area (TPSA) is 41.1 Å². The van der Waals surface area contributed by atoms with Crippen molar-refractivity contribution in [2.45, 2.75) is 13.0 Å². The summed E-state index contributed by atoms with van der Waals surface area (Å²) in [6, 6.07) is 8.97. The summed E-state index contributed by atoms with van der Waals surface area (Å²) in [4.78, 5) is 12.0. The predicted molar refractivity (Wildman–Crippen MR) is 92.9 cm³/mol. The van der Waals surface area contributed by atoms with E-state index >= 15 is 0 Å².